The fraction of sp³-hybridized carbons (Fsp3) is 0.0909. The lowest BCUT2D eigenvalue weighted by atomic mass is 10.2. The molecule has 16 heavy (non-hydrogen) atoms. The summed E-state index contributed by atoms with van der Waals surface area (Å²) < 4.78 is 0. The molecule has 0 amide bonds. The predicted molar refractivity (Wildman–Crippen MR) is 58.3 cm³/mol. The van der Waals surface area contributed by atoms with Gasteiger partial charge in [-0.3, -0.25) is 4.98 Å². The van der Waals surface area contributed by atoms with Crippen molar-refractivity contribution in [3.63, 3.8) is 0 Å². The van der Waals surface area contributed by atoms with Gasteiger partial charge in [0.1, 0.15) is 6.07 Å². The van der Waals surface area contributed by atoms with Crippen LogP contribution < -0.4 is 5.32 Å². The molecule has 0 aliphatic rings. The van der Waals surface area contributed by atoms with Gasteiger partial charge in [0, 0.05) is 18.9 Å². The molecule has 2 aromatic rings. The lowest BCUT2D eigenvalue weighted by molar-refractivity contribution is 0.992. The minimum absolute atomic E-state index is 0.490. The van der Waals surface area contributed by atoms with Crippen molar-refractivity contribution >= 4 is 5.82 Å². The van der Waals surface area contributed by atoms with Crippen LogP contribution in [0.5, 0.6) is 0 Å². The van der Waals surface area contributed by atoms with Crippen LogP contribution in [0, 0.1) is 11.3 Å². The highest BCUT2D eigenvalue weighted by molar-refractivity contribution is 5.50. The molecule has 2 aromatic heterocycles. The lowest BCUT2D eigenvalue weighted by Crippen LogP contribution is -2.04. The van der Waals surface area contributed by atoms with Crippen molar-refractivity contribution in [3.05, 3.63) is 47.9 Å². The maximum Gasteiger partial charge on any atom is 0.166 e. The van der Waals surface area contributed by atoms with Gasteiger partial charge in [0.2, 0.25) is 0 Å². The normalized spacial score (nSPS) is 9.44. The number of aromatic nitrogens is 3. The van der Waals surface area contributed by atoms with Crippen molar-refractivity contribution in [1.29, 1.82) is 5.26 Å². The number of anilines is 1. The maximum atomic E-state index is 8.85. The highest BCUT2D eigenvalue weighted by Gasteiger charge is 2.02. The first-order valence-corrected chi connectivity index (χ1v) is 4.74. The second-order valence-electron chi connectivity index (χ2n) is 3.11. The molecule has 0 saturated carbocycles. The Labute approximate surface area is 92.8 Å². The standard InChI is InChI=1S/C11H9N5/c12-7-10-3-6-15-16-11(10)14-8-9-1-4-13-5-2-9/h1-6H,8H2,(H,14,16). The van der Waals surface area contributed by atoms with Crippen LogP contribution in [-0.2, 0) is 6.54 Å². The first-order valence-electron chi connectivity index (χ1n) is 4.74. The minimum atomic E-state index is 0.490. The summed E-state index contributed by atoms with van der Waals surface area (Å²) in [6.07, 6.45) is 4.94. The van der Waals surface area contributed by atoms with Crippen LogP contribution >= 0.6 is 0 Å². The third kappa shape index (κ3) is 2.30. The van der Waals surface area contributed by atoms with E-state index in [-0.39, 0.29) is 0 Å². The number of nitriles is 1. The van der Waals surface area contributed by atoms with Gasteiger partial charge in [-0.15, -0.1) is 5.10 Å². The summed E-state index contributed by atoms with van der Waals surface area (Å²) in [6, 6.07) is 7.48. The van der Waals surface area contributed by atoms with Gasteiger partial charge in [0.25, 0.3) is 0 Å². The molecule has 5 heteroatoms. The summed E-state index contributed by atoms with van der Waals surface area (Å²) in [5, 5.41) is 19.5. The van der Waals surface area contributed by atoms with Gasteiger partial charge in [0.05, 0.1) is 11.8 Å². The fourth-order valence-corrected chi connectivity index (χ4v) is 1.24. The van der Waals surface area contributed by atoms with Gasteiger partial charge in [0.15, 0.2) is 5.82 Å². The molecule has 0 atom stereocenters. The van der Waals surface area contributed by atoms with Gasteiger partial charge in [-0.2, -0.15) is 10.4 Å². The quantitative estimate of drug-likeness (QED) is 0.829. The zero-order valence-electron chi connectivity index (χ0n) is 8.46. The monoisotopic (exact) mass is 211 g/mol. The number of nitrogens with one attached hydrogen (secondary N) is 1. The summed E-state index contributed by atoms with van der Waals surface area (Å²) in [6.45, 7) is 0.593. The molecule has 0 aliphatic heterocycles. The average molecular weight is 211 g/mol. The molecule has 1 N–H and O–H groups in total. The second-order valence-corrected chi connectivity index (χ2v) is 3.11. The summed E-state index contributed by atoms with van der Waals surface area (Å²) in [7, 11) is 0. The van der Waals surface area contributed by atoms with Crippen LogP contribution in [0.1, 0.15) is 11.1 Å². The third-order valence-corrected chi connectivity index (χ3v) is 2.05. The Morgan fingerprint density at radius 2 is 2.00 bits per heavy atom. The minimum Gasteiger partial charge on any atom is -0.363 e. The molecule has 0 fully saturated rings. The molecule has 2 heterocycles. The number of hydrogen-bond donors (Lipinski definition) is 1. The SMILES string of the molecule is N#Cc1ccnnc1NCc1ccncc1. The van der Waals surface area contributed by atoms with Crippen molar-refractivity contribution in [2.45, 2.75) is 6.54 Å². The molecule has 0 unspecified atom stereocenters. The molecule has 0 bridgehead atoms. The Balaban J connectivity index is 2.09. The topological polar surface area (TPSA) is 74.5 Å². The average Bonchev–Trinajstić information content (AvgIpc) is 2.38. The summed E-state index contributed by atoms with van der Waals surface area (Å²) in [5.41, 5.74) is 1.56. The van der Waals surface area contributed by atoms with Gasteiger partial charge in [-0.05, 0) is 23.8 Å². The van der Waals surface area contributed by atoms with Gasteiger partial charge in [-0.25, -0.2) is 0 Å². The molecule has 0 aromatic carbocycles. The molecular formula is C11H9N5. The van der Waals surface area contributed by atoms with Crippen LogP contribution in [0.2, 0.25) is 0 Å². The van der Waals surface area contributed by atoms with Gasteiger partial charge in [-0.1, -0.05) is 0 Å². The Kier molecular flexibility index (Phi) is 3.04. The molecule has 0 radical (unpaired) electrons. The Morgan fingerprint density at radius 3 is 2.75 bits per heavy atom. The largest absolute Gasteiger partial charge is 0.363 e. The number of nitrogens with zero attached hydrogens (tertiary/aromatic N) is 4. The first kappa shape index (κ1) is 10.1. The highest BCUT2D eigenvalue weighted by Crippen LogP contribution is 2.09. The van der Waals surface area contributed by atoms with Crippen LogP contribution in [0.15, 0.2) is 36.8 Å². The predicted octanol–water partition coefficient (Wildman–Crippen LogP) is 1.36. The van der Waals surface area contributed by atoms with Crippen molar-refractivity contribution in [1.82, 2.24) is 15.2 Å². The van der Waals surface area contributed by atoms with Crippen molar-refractivity contribution < 1.29 is 0 Å². The van der Waals surface area contributed by atoms with E-state index >= 15 is 0 Å². The van der Waals surface area contributed by atoms with Crippen molar-refractivity contribution in [2.75, 3.05) is 5.32 Å². The zero-order chi connectivity index (χ0) is 11.2. The van der Waals surface area contributed by atoms with Crippen LogP contribution in [0.3, 0.4) is 0 Å². The molecule has 0 spiro atoms. The van der Waals surface area contributed by atoms with Crippen LogP contribution in [-0.4, -0.2) is 15.2 Å². The summed E-state index contributed by atoms with van der Waals surface area (Å²) in [4.78, 5) is 3.93. The second kappa shape index (κ2) is 4.84. The van der Waals surface area contributed by atoms with Crippen molar-refractivity contribution in [2.24, 2.45) is 0 Å². The Morgan fingerprint density at radius 1 is 1.19 bits per heavy atom. The number of rotatable bonds is 3. The van der Waals surface area contributed by atoms with E-state index in [1.807, 2.05) is 12.1 Å². The maximum absolute atomic E-state index is 8.85. The number of pyridine rings is 1. The van der Waals surface area contributed by atoms with Crippen molar-refractivity contribution in [3.8, 4) is 6.07 Å². The summed E-state index contributed by atoms with van der Waals surface area (Å²) in [5.74, 6) is 0.502. The molecule has 2 rings (SSSR count). The Hall–Kier alpha value is -2.48. The molecule has 5 nitrogen and oxygen atoms in total. The van der Waals surface area contributed by atoms with E-state index in [0.717, 1.165) is 5.56 Å². The first-order chi connectivity index (χ1) is 7.90. The van der Waals surface area contributed by atoms with Crippen LogP contribution in [0.4, 0.5) is 5.82 Å². The molecule has 0 aliphatic carbocycles. The van der Waals surface area contributed by atoms with E-state index in [2.05, 4.69) is 26.6 Å². The summed E-state index contributed by atoms with van der Waals surface area (Å²) >= 11 is 0. The van der Waals surface area contributed by atoms with E-state index < -0.39 is 0 Å². The number of hydrogen-bond acceptors (Lipinski definition) is 5. The van der Waals surface area contributed by atoms with Crippen LogP contribution in [0.25, 0.3) is 0 Å². The van der Waals surface area contributed by atoms with E-state index in [9.17, 15) is 0 Å². The Bertz CT molecular complexity index is 503. The van der Waals surface area contributed by atoms with E-state index in [4.69, 9.17) is 5.26 Å². The lowest BCUT2D eigenvalue weighted by Gasteiger charge is -2.05. The van der Waals surface area contributed by atoms with E-state index in [1.165, 1.54) is 6.20 Å². The molecular weight excluding hydrogens is 202 g/mol. The molecule has 0 saturated heterocycles. The van der Waals surface area contributed by atoms with E-state index in [0.29, 0.717) is 17.9 Å². The highest BCUT2D eigenvalue weighted by atomic mass is 15.2. The molecule has 78 valence electrons. The van der Waals surface area contributed by atoms with Gasteiger partial charge >= 0.3 is 0 Å². The smallest absolute Gasteiger partial charge is 0.166 e. The van der Waals surface area contributed by atoms with E-state index in [1.54, 1.807) is 18.5 Å². The fourth-order valence-electron chi connectivity index (χ4n) is 1.24. The zero-order valence-corrected chi connectivity index (χ0v) is 8.46. The van der Waals surface area contributed by atoms with Gasteiger partial charge < -0.3 is 5.32 Å². The third-order valence-electron chi connectivity index (χ3n) is 2.05.